The molecule has 0 N–H and O–H groups in total. The van der Waals surface area contributed by atoms with Gasteiger partial charge in [-0.05, 0) is 11.1 Å². The van der Waals surface area contributed by atoms with Crippen LogP contribution >= 0.6 is 0 Å². The second kappa shape index (κ2) is 11.4. The van der Waals surface area contributed by atoms with Gasteiger partial charge in [0.2, 0.25) is 0 Å². The Kier molecular flexibility index (Phi) is 8.61. The van der Waals surface area contributed by atoms with Gasteiger partial charge in [0.1, 0.15) is 24.4 Å². The predicted molar refractivity (Wildman–Crippen MR) is 108 cm³/mol. The molecular formula is C23H30O6. The van der Waals surface area contributed by atoms with E-state index in [1.165, 1.54) is 0 Å². The minimum atomic E-state index is -0.572. The SMILES string of the molecule is COC[C@H]1O[C@H](OC)[C@H](OC)[C@@H](OCc2ccccc2)[C@@H]1OCc1ccccc1. The molecule has 0 bridgehead atoms. The maximum atomic E-state index is 6.32. The highest BCUT2D eigenvalue weighted by Gasteiger charge is 2.48. The van der Waals surface area contributed by atoms with E-state index >= 15 is 0 Å². The van der Waals surface area contributed by atoms with Crippen LogP contribution in [0.3, 0.4) is 0 Å². The molecule has 0 radical (unpaired) electrons. The van der Waals surface area contributed by atoms with Crippen LogP contribution in [-0.2, 0) is 41.6 Å². The first kappa shape index (κ1) is 21.9. The van der Waals surface area contributed by atoms with E-state index < -0.39 is 12.4 Å². The lowest BCUT2D eigenvalue weighted by Gasteiger charge is -2.45. The summed E-state index contributed by atoms with van der Waals surface area (Å²) in [4.78, 5) is 0. The standard InChI is InChI=1S/C23H30O6/c1-24-16-19-20(27-14-17-10-6-4-7-11-17)21(22(25-2)23(26-3)29-19)28-15-18-12-8-5-9-13-18/h4-13,19-23H,14-16H2,1-3H3/t19-,20-,21+,22-,23+/m1/s1. The third kappa shape index (κ3) is 5.85. The molecule has 6 nitrogen and oxygen atoms in total. The largest absolute Gasteiger partial charge is 0.382 e. The monoisotopic (exact) mass is 402 g/mol. The quantitative estimate of drug-likeness (QED) is 0.608. The van der Waals surface area contributed by atoms with Crippen molar-refractivity contribution < 1.29 is 28.4 Å². The summed E-state index contributed by atoms with van der Waals surface area (Å²) in [7, 11) is 4.87. The number of methoxy groups -OCH3 is 3. The van der Waals surface area contributed by atoms with E-state index in [-0.39, 0.29) is 18.3 Å². The van der Waals surface area contributed by atoms with Crippen LogP contribution in [0, 0.1) is 0 Å². The molecule has 5 atom stereocenters. The second-order valence-corrected chi connectivity index (χ2v) is 6.96. The molecule has 1 heterocycles. The highest BCUT2D eigenvalue weighted by atomic mass is 16.7. The number of ether oxygens (including phenoxy) is 6. The van der Waals surface area contributed by atoms with Crippen LogP contribution in [-0.4, -0.2) is 58.6 Å². The van der Waals surface area contributed by atoms with Gasteiger partial charge >= 0.3 is 0 Å². The molecule has 1 aliphatic rings. The minimum Gasteiger partial charge on any atom is -0.382 e. The van der Waals surface area contributed by atoms with E-state index in [4.69, 9.17) is 28.4 Å². The van der Waals surface area contributed by atoms with Crippen LogP contribution in [0.15, 0.2) is 60.7 Å². The minimum absolute atomic E-state index is 0.346. The third-order valence-corrected chi connectivity index (χ3v) is 5.00. The summed E-state index contributed by atoms with van der Waals surface area (Å²) in [5.74, 6) is 0. The summed E-state index contributed by atoms with van der Waals surface area (Å²) in [5.41, 5.74) is 2.15. The van der Waals surface area contributed by atoms with Gasteiger partial charge in [0.15, 0.2) is 6.29 Å². The average Bonchev–Trinajstić information content (AvgIpc) is 2.78. The Morgan fingerprint density at radius 2 is 1.24 bits per heavy atom. The van der Waals surface area contributed by atoms with Crippen LogP contribution in [0.1, 0.15) is 11.1 Å². The van der Waals surface area contributed by atoms with Crippen LogP contribution in [0.4, 0.5) is 0 Å². The van der Waals surface area contributed by atoms with Crippen molar-refractivity contribution in [1.82, 2.24) is 0 Å². The molecule has 0 amide bonds. The molecule has 1 saturated heterocycles. The van der Waals surface area contributed by atoms with Gasteiger partial charge in [-0.15, -0.1) is 0 Å². The number of benzene rings is 2. The highest BCUT2D eigenvalue weighted by Crippen LogP contribution is 2.30. The van der Waals surface area contributed by atoms with E-state index in [0.29, 0.717) is 19.8 Å². The molecule has 0 aliphatic carbocycles. The Balaban J connectivity index is 1.79. The van der Waals surface area contributed by atoms with E-state index in [1.807, 2.05) is 60.7 Å². The van der Waals surface area contributed by atoms with Crippen LogP contribution in [0.5, 0.6) is 0 Å². The summed E-state index contributed by atoms with van der Waals surface area (Å²) in [5, 5.41) is 0. The summed E-state index contributed by atoms with van der Waals surface area (Å²) in [6, 6.07) is 20.0. The fourth-order valence-electron chi connectivity index (χ4n) is 3.54. The molecule has 29 heavy (non-hydrogen) atoms. The molecule has 0 unspecified atom stereocenters. The van der Waals surface area contributed by atoms with Gasteiger partial charge in [-0.1, -0.05) is 60.7 Å². The molecule has 1 aliphatic heterocycles. The van der Waals surface area contributed by atoms with Crippen molar-refractivity contribution in [3.8, 4) is 0 Å². The van der Waals surface area contributed by atoms with Crippen LogP contribution in [0.2, 0.25) is 0 Å². The van der Waals surface area contributed by atoms with E-state index in [2.05, 4.69) is 0 Å². The maximum Gasteiger partial charge on any atom is 0.186 e. The molecule has 2 aromatic rings. The molecule has 0 spiro atoms. The number of hydrogen-bond donors (Lipinski definition) is 0. The normalized spacial score (nSPS) is 27.1. The smallest absolute Gasteiger partial charge is 0.186 e. The molecular weight excluding hydrogens is 372 g/mol. The lowest BCUT2D eigenvalue weighted by molar-refractivity contribution is -0.316. The zero-order valence-corrected chi connectivity index (χ0v) is 17.2. The summed E-state index contributed by atoms with van der Waals surface area (Å²) >= 11 is 0. The molecule has 3 rings (SSSR count). The summed E-state index contributed by atoms with van der Waals surface area (Å²) < 4.78 is 35.3. The van der Waals surface area contributed by atoms with E-state index in [0.717, 1.165) is 11.1 Å². The molecule has 6 heteroatoms. The Morgan fingerprint density at radius 1 is 0.690 bits per heavy atom. The van der Waals surface area contributed by atoms with Gasteiger partial charge in [0.25, 0.3) is 0 Å². The van der Waals surface area contributed by atoms with Crippen molar-refractivity contribution in [3.63, 3.8) is 0 Å². The predicted octanol–water partition coefficient (Wildman–Crippen LogP) is 3.19. The Bertz CT molecular complexity index is 695. The van der Waals surface area contributed by atoms with Gasteiger partial charge in [-0.3, -0.25) is 0 Å². The number of rotatable bonds is 10. The van der Waals surface area contributed by atoms with Crippen molar-refractivity contribution in [1.29, 1.82) is 0 Å². The first-order chi connectivity index (χ1) is 14.3. The van der Waals surface area contributed by atoms with Crippen molar-refractivity contribution in [2.45, 2.75) is 43.9 Å². The van der Waals surface area contributed by atoms with E-state index in [9.17, 15) is 0 Å². The number of hydrogen-bond acceptors (Lipinski definition) is 6. The van der Waals surface area contributed by atoms with Crippen LogP contribution < -0.4 is 0 Å². The Labute approximate surface area is 172 Å². The fraction of sp³-hybridized carbons (Fsp3) is 0.478. The van der Waals surface area contributed by atoms with Crippen LogP contribution in [0.25, 0.3) is 0 Å². The zero-order chi connectivity index (χ0) is 20.5. The first-order valence-corrected chi connectivity index (χ1v) is 9.78. The Morgan fingerprint density at radius 3 is 1.72 bits per heavy atom. The fourth-order valence-corrected chi connectivity index (χ4v) is 3.54. The Hall–Kier alpha value is -1.80. The van der Waals surface area contributed by atoms with Crippen molar-refractivity contribution in [2.75, 3.05) is 27.9 Å². The summed E-state index contributed by atoms with van der Waals surface area (Å²) in [6.07, 6.45) is -2.12. The van der Waals surface area contributed by atoms with Crippen molar-refractivity contribution in [3.05, 3.63) is 71.8 Å². The third-order valence-electron chi connectivity index (χ3n) is 5.00. The van der Waals surface area contributed by atoms with E-state index in [1.54, 1.807) is 21.3 Å². The maximum absolute atomic E-state index is 6.32. The van der Waals surface area contributed by atoms with Gasteiger partial charge in [0, 0.05) is 21.3 Å². The summed E-state index contributed by atoms with van der Waals surface area (Å²) in [6.45, 7) is 1.24. The molecule has 2 aromatic carbocycles. The second-order valence-electron chi connectivity index (χ2n) is 6.96. The zero-order valence-electron chi connectivity index (χ0n) is 17.2. The topological polar surface area (TPSA) is 55.4 Å². The van der Waals surface area contributed by atoms with Gasteiger partial charge in [0.05, 0.1) is 19.8 Å². The molecule has 158 valence electrons. The highest BCUT2D eigenvalue weighted by molar-refractivity contribution is 5.14. The molecule has 0 aromatic heterocycles. The van der Waals surface area contributed by atoms with Crippen molar-refractivity contribution in [2.24, 2.45) is 0 Å². The molecule has 0 saturated carbocycles. The van der Waals surface area contributed by atoms with Gasteiger partial charge in [-0.25, -0.2) is 0 Å². The van der Waals surface area contributed by atoms with Gasteiger partial charge in [-0.2, -0.15) is 0 Å². The first-order valence-electron chi connectivity index (χ1n) is 9.78. The van der Waals surface area contributed by atoms with Gasteiger partial charge < -0.3 is 28.4 Å². The lowest BCUT2D eigenvalue weighted by atomic mass is 9.98. The lowest BCUT2D eigenvalue weighted by Crippen LogP contribution is -2.61. The average molecular weight is 402 g/mol. The molecule has 1 fully saturated rings. The van der Waals surface area contributed by atoms with Crippen molar-refractivity contribution >= 4 is 0 Å².